The van der Waals surface area contributed by atoms with Gasteiger partial charge in [0.1, 0.15) is 19.3 Å². The second-order valence-electron chi connectivity index (χ2n) is 24.1. The number of carbonyl (C=O) groups is 4. The van der Waals surface area contributed by atoms with Crippen LogP contribution in [0.3, 0.4) is 0 Å². The molecule has 5 unspecified atom stereocenters. The van der Waals surface area contributed by atoms with Gasteiger partial charge in [-0.25, -0.2) is 9.13 Å². The largest absolute Gasteiger partial charge is 0.472 e. The third-order valence-corrected chi connectivity index (χ3v) is 16.3. The maximum Gasteiger partial charge on any atom is 0.472 e. The Hall–Kier alpha value is -6.62. The Bertz CT molecular complexity index is 2840. The number of phosphoric acid groups is 2. The molecule has 0 aliphatic heterocycles. The van der Waals surface area contributed by atoms with Crippen molar-refractivity contribution in [2.45, 2.75) is 251 Å². The summed E-state index contributed by atoms with van der Waals surface area (Å²) in [7, 11) is -10.0. The number of ether oxygens (including phenoxy) is 4. The number of hydrogen-bond acceptors (Lipinski definition) is 15. The molecule has 0 rings (SSSR count). The number of aliphatic hydroxyl groups excluding tert-OH is 1. The lowest BCUT2D eigenvalue weighted by Gasteiger charge is -2.21. The topological polar surface area (TPSA) is 237 Å². The minimum atomic E-state index is -5.02. The zero-order valence-corrected chi connectivity index (χ0v) is 65.1. The lowest BCUT2D eigenvalue weighted by atomic mass is 10.1. The maximum absolute atomic E-state index is 13.1. The van der Waals surface area contributed by atoms with Gasteiger partial charge in [0.2, 0.25) is 0 Å². The molecule has 3 N–H and O–H groups in total. The molecule has 17 nitrogen and oxygen atoms in total. The van der Waals surface area contributed by atoms with Crippen LogP contribution in [0.15, 0.2) is 219 Å². The fourth-order valence-corrected chi connectivity index (χ4v) is 10.4. The van der Waals surface area contributed by atoms with E-state index in [1.807, 2.05) is 30.4 Å². The Labute approximate surface area is 626 Å². The van der Waals surface area contributed by atoms with Crippen LogP contribution in [-0.4, -0.2) is 96.7 Å². The number of aliphatic hydroxyl groups is 1. The standard InChI is InChI=1S/C85H130O17P2/c1-5-9-13-17-21-25-29-33-37-39-43-46-50-54-58-62-66-70-83(88)96-76-81(102-85(90)72-68-64-60-56-52-48-44-40-38-34-30-26-22-18-14-10-6-2)78-100-104(93,94)98-74-79(86)73-97-103(91,92)99-77-80(101-84(89)71-67-63-59-55-51-47-42-36-32-28-24-20-16-12-8-4)75-95-82(87)69-65-61-57-53-49-45-41-35-31-27-23-19-15-11-7-3/h9-16,21-28,33-38,41-44,46,48-49,51,53-56,58,60,79-81,86H,5-8,17-20,29-32,39-40,45,47,50,52,57,59,61-78H2,1-4H3,(H,91,92)(H,93,94)/b13-9-,14-10-,15-11-,16-12-,25-21-,26-22-,27-23-,28-24-,37-33-,38-34-,41-35-,42-36-,46-43-,48-44-,53-49-,55-51-,58-54-,60-56-. The average molecular weight is 1490 g/mol. The molecule has 0 spiro atoms. The number of esters is 4. The van der Waals surface area contributed by atoms with Crippen molar-refractivity contribution in [3.05, 3.63) is 219 Å². The van der Waals surface area contributed by atoms with Crippen molar-refractivity contribution in [1.29, 1.82) is 0 Å². The Morgan fingerprint density at radius 3 is 0.731 bits per heavy atom. The molecule has 0 amide bonds. The van der Waals surface area contributed by atoms with Crippen LogP contribution in [0.2, 0.25) is 0 Å². The molecule has 0 saturated carbocycles. The Morgan fingerprint density at radius 2 is 0.471 bits per heavy atom. The molecule has 0 bridgehead atoms. The molecule has 0 radical (unpaired) electrons. The van der Waals surface area contributed by atoms with Crippen molar-refractivity contribution in [2.24, 2.45) is 0 Å². The van der Waals surface area contributed by atoms with Gasteiger partial charge in [0.05, 0.1) is 26.4 Å². The monoisotopic (exact) mass is 1480 g/mol. The van der Waals surface area contributed by atoms with Crippen LogP contribution >= 0.6 is 15.6 Å². The van der Waals surface area contributed by atoms with Gasteiger partial charge in [-0.1, -0.05) is 246 Å². The molecule has 0 aliphatic carbocycles. The van der Waals surface area contributed by atoms with E-state index >= 15 is 0 Å². The third-order valence-electron chi connectivity index (χ3n) is 14.4. The molecule has 0 aromatic carbocycles. The summed E-state index contributed by atoms with van der Waals surface area (Å²) >= 11 is 0. The van der Waals surface area contributed by atoms with Gasteiger partial charge in [0, 0.05) is 25.7 Å². The van der Waals surface area contributed by atoms with Gasteiger partial charge in [0.15, 0.2) is 12.2 Å². The summed E-state index contributed by atoms with van der Waals surface area (Å²) in [5, 5.41) is 10.6. The zero-order valence-electron chi connectivity index (χ0n) is 63.3. The first kappa shape index (κ1) is 97.4. The van der Waals surface area contributed by atoms with Crippen LogP contribution in [0, 0.1) is 0 Å². The van der Waals surface area contributed by atoms with Crippen molar-refractivity contribution >= 4 is 39.5 Å². The second kappa shape index (κ2) is 74.6. The lowest BCUT2D eigenvalue weighted by molar-refractivity contribution is -0.161. The summed E-state index contributed by atoms with van der Waals surface area (Å²) in [5.74, 6) is -2.44. The van der Waals surface area contributed by atoms with Crippen LogP contribution in [0.1, 0.15) is 233 Å². The Kier molecular flexibility index (Phi) is 69.9. The van der Waals surface area contributed by atoms with E-state index in [0.717, 1.165) is 135 Å². The quantitative estimate of drug-likeness (QED) is 0.0169. The first-order chi connectivity index (χ1) is 50.7. The molecule has 0 saturated heterocycles. The summed E-state index contributed by atoms with van der Waals surface area (Å²) in [5.41, 5.74) is 0. The smallest absolute Gasteiger partial charge is 0.462 e. The van der Waals surface area contributed by atoms with Gasteiger partial charge >= 0.3 is 39.5 Å². The Balaban J connectivity index is 5.58. The van der Waals surface area contributed by atoms with Gasteiger partial charge in [-0.3, -0.25) is 37.3 Å². The molecule has 19 heteroatoms. The van der Waals surface area contributed by atoms with Crippen LogP contribution in [0.25, 0.3) is 0 Å². The third kappa shape index (κ3) is 73.7. The molecule has 0 aliphatic rings. The number of allylic oxidation sites excluding steroid dienone is 36. The molecule has 0 aromatic heterocycles. The lowest BCUT2D eigenvalue weighted by Crippen LogP contribution is -2.30. The summed E-state index contributed by atoms with van der Waals surface area (Å²) < 4.78 is 68.3. The first-order valence-electron chi connectivity index (χ1n) is 38.0. The summed E-state index contributed by atoms with van der Waals surface area (Å²) in [6.45, 7) is 4.12. The predicted molar refractivity (Wildman–Crippen MR) is 426 cm³/mol. The fraction of sp³-hybridized carbons (Fsp3) is 0.529. The van der Waals surface area contributed by atoms with Crippen molar-refractivity contribution in [3.63, 3.8) is 0 Å². The molecule has 5 atom stereocenters. The van der Waals surface area contributed by atoms with Crippen LogP contribution in [-0.2, 0) is 65.4 Å². The SMILES string of the molecule is CC/C=C\C/C=C\C/C=C\C/C=C\C/C=C\CCCC(=O)OCC(COP(=O)(O)OCC(O)COP(=O)(O)OCC(COC(=O)CCCC/C=C\C/C=C\C/C=C\C/C=C\CC)OC(=O)CCCC/C=C\C/C=C\C/C=C\C/C=C\CC)OC(=O)CCC/C=C\C/C=C\C/C=C\C/C=C\C/C=C\CC. The highest BCUT2D eigenvalue weighted by atomic mass is 31.2. The summed E-state index contributed by atoms with van der Waals surface area (Å²) in [6, 6.07) is 0. The molecule has 0 heterocycles. The van der Waals surface area contributed by atoms with Gasteiger partial charge in [-0.2, -0.15) is 0 Å². The summed E-state index contributed by atoms with van der Waals surface area (Å²) in [6.07, 6.45) is 93.9. The van der Waals surface area contributed by atoms with Crippen LogP contribution < -0.4 is 0 Å². The van der Waals surface area contributed by atoms with E-state index in [0.29, 0.717) is 44.9 Å². The zero-order chi connectivity index (χ0) is 76.0. The Morgan fingerprint density at radius 1 is 0.269 bits per heavy atom. The number of carbonyl (C=O) groups excluding carboxylic acids is 4. The summed E-state index contributed by atoms with van der Waals surface area (Å²) in [4.78, 5) is 72.9. The second-order valence-corrected chi connectivity index (χ2v) is 27.0. The van der Waals surface area contributed by atoms with E-state index in [9.17, 15) is 43.2 Å². The maximum atomic E-state index is 13.1. The van der Waals surface area contributed by atoms with Gasteiger partial charge in [0.25, 0.3) is 0 Å². The van der Waals surface area contributed by atoms with Crippen LogP contribution in [0.5, 0.6) is 0 Å². The van der Waals surface area contributed by atoms with Crippen molar-refractivity contribution in [1.82, 2.24) is 0 Å². The average Bonchev–Trinajstić information content (AvgIpc) is 0.926. The van der Waals surface area contributed by atoms with Gasteiger partial charge < -0.3 is 33.8 Å². The number of unbranched alkanes of at least 4 members (excludes halogenated alkanes) is 6. The predicted octanol–water partition coefficient (Wildman–Crippen LogP) is 22.1. The van der Waals surface area contributed by atoms with Gasteiger partial charge in [-0.05, 0) is 180 Å². The normalized spacial score (nSPS) is 15.1. The highest BCUT2D eigenvalue weighted by Gasteiger charge is 2.30. The minimum absolute atomic E-state index is 0.00795. The molecule has 0 fully saturated rings. The van der Waals surface area contributed by atoms with E-state index in [4.69, 9.17) is 37.0 Å². The van der Waals surface area contributed by atoms with Crippen molar-refractivity contribution < 1.29 is 80.2 Å². The molecular weight excluding hydrogens is 1350 g/mol. The van der Waals surface area contributed by atoms with E-state index in [-0.39, 0.29) is 25.7 Å². The number of hydrogen-bond donors (Lipinski definition) is 3. The van der Waals surface area contributed by atoms with Crippen LogP contribution in [0.4, 0.5) is 0 Å². The minimum Gasteiger partial charge on any atom is -0.462 e. The van der Waals surface area contributed by atoms with E-state index in [1.165, 1.54) is 0 Å². The highest BCUT2D eigenvalue weighted by Crippen LogP contribution is 2.45. The number of phosphoric ester groups is 2. The highest BCUT2D eigenvalue weighted by molar-refractivity contribution is 7.47. The van der Waals surface area contributed by atoms with Crippen molar-refractivity contribution in [2.75, 3.05) is 39.6 Å². The van der Waals surface area contributed by atoms with E-state index in [1.54, 1.807) is 0 Å². The molecule has 104 heavy (non-hydrogen) atoms. The molecular formula is C85H130O17P2. The molecule has 582 valence electrons. The van der Waals surface area contributed by atoms with Crippen molar-refractivity contribution in [3.8, 4) is 0 Å². The first-order valence-corrected chi connectivity index (χ1v) is 41.0. The molecule has 0 aromatic rings. The number of rotatable bonds is 68. The fourth-order valence-electron chi connectivity index (χ4n) is 8.80. The van der Waals surface area contributed by atoms with E-state index < -0.39 is 97.5 Å². The van der Waals surface area contributed by atoms with Gasteiger partial charge in [-0.15, -0.1) is 0 Å². The van der Waals surface area contributed by atoms with E-state index in [2.05, 4.69) is 216 Å².